The van der Waals surface area contributed by atoms with Gasteiger partial charge in [0.15, 0.2) is 4.96 Å². The van der Waals surface area contributed by atoms with Gasteiger partial charge < -0.3 is 10.4 Å². The molecule has 0 radical (unpaired) electrons. The Hall–Kier alpha value is -0.910. The molecule has 0 atom stereocenters. The third kappa shape index (κ3) is 1.39. The Kier molecular flexibility index (Phi) is 1.89. The monoisotopic (exact) mass is 223 g/mol. The number of nitrogens with one attached hydrogen (secondary N) is 1. The van der Waals surface area contributed by atoms with Crippen LogP contribution in [0.5, 0.6) is 0 Å². The van der Waals surface area contributed by atoms with Gasteiger partial charge in [0, 0.05) is 36.8 Å². The summed E-state index contributed by atoms with van der Waals surface area (Å²) >= 11 is 1.63. The van der Waals surface area contributed by atoms with Crippen molar-refractivity contribution in [3.05, 3.63) is 23.0 Å². The lowest BCUT2D eigenvalue weighted by Gasteiger charge is -2.37. The molecule has 80 valence electrons. The first-order chi connectivity index (χ1) is 7.18. The summed E-state index contributed by atoms with van der Waals surface area (Å²) < 4.78 is 2.08. The molecule has 0 saturated carbocycles. The van der Waals surface area contributed by atoms with E-state index in [9.17, 15) is 5.11 Å². The highest BCUT2D eigenvalue weighted by atomic mass is 32.1. The van der Waals surface area contributed by atoms with Crippen molar-refractivity contribution in [3.63, 3.8) is 0 Å². The van der Waals surface area contributed by atoms with Crippen LogP contribution < -0.4 is 5.32 Å². The Bertz CT molecular complexity index is 498. The summed E-state index contributed by atoms with van der Waals surface area (Å²) in [6.07, 6.45) is 2.70. The van der Waals surface area contributed by atoms with Crippen LogP contribution >= 0.6 is 11.3 Å². The summed E-state index contributed by atoms with van der Waals surface area (Å²) in [6.45, 7) is 3.37. The molecule has 0 aliphatic carbocycles. The molecule has 1 fully saturated rings. The highest BCUT2D eigenvalue weighted by molar-refractivity contribution is 7.15. The van der Waals surface area contributed by atoms with E-state index in [1.165, 1.54) is 0 Å². The number of imidazole rings is 1. The summed E-state index contributed by atoms with van der Waals surface area (Å²) in [7, 11) is 0. The molecule has 5 heteroatoms. The summed E-state index contributed by atoms with van der Waals surface area (Å²) in [6, 6.07) is 0. The van der Waals surface area contributed by atoms with Crippen LogP contribution in [0, 0.1) is 6.92 Å². The number of β-amino-alcohol motifs (C(OH)–C–C–N with tert-alkyl or cyclic N) is 1. The van der Waals surface area contributed by atoms with E-state index in [0.717, 1.165) is 16.3 Å². The average Bonchev–Trinajstić information content (AvgIpc) is 2.67. The van der Waals surface area contributed by atoms with Gasteiger partial charge in [0.05, 0.1) is 11.3 Å². The van der Waals surface area contributed by atoms with Gasteiger partial charge in [0.2, 0.25) is 0 Å². The highest BCUT2D eigenvalue weighted by Gasteiger charge is 2.35. The molecule has 0 aromatic carbocycles. The molecule has 4 nitrogen and oxygen atoms in total. The molecule has 1 aliphatic rings. The number of rotatable bonds is 2. The van der Waals surface area contributed by atoms with E-state index in [1.54, 1.807) is 11.3 Å². The lowest BCUT2D eigenvalue weighted by atomic mass is 9.91. The van der Waals surface area contributed by atoms with E-state index in [4.69, 9.17) is 0 Å². The molecule has 2 aromatic heterocycles. The van der Waals surface area contributed by atoms with Crippen molar-refractivity contribution in [2.75, 3.05) is 13.1 Å². The summed E-state index contributed by atoms with van der Waals surface area (Å²) in [4.78, 5) is 5.48. The maximum absolute atomic E-state index is 10.1. The van der Waals surface area contributed by atoms with Crippen LogP contribution in [0.15, 0.2) is 11.6 Å². The molecule has 1 aliphatic heterocycles. The fraction of sp³-hybridized carbons (Fsp3) is 0.500. The lowest BCUT2D eigenvalue weighted by molar-refractivity contribution is -0.0101. The predicted octanol–water partition coefficient (Wildman–Crippen LogP) is 0.581. The number of aliphatic hydroxyl groups is 1. The highest BCUT2D eigenvalue weighted by Crippen LogP contribution is 2.23. The van der Waals surface area contributed by atoms with Gasteiger partial charge in [-0.3, -0.25) is 4.40 Å². The number of fused-ring (bicyclic) bond motifs is 1. The van der Waals surface area contributed by atoms with Crippen molar-refractivity contribution in [3.8, 4) is 0 Å². The fourth-order valence-corrected chi connectivity index (χ4v) is 2.78. The van der Waals surface area contributed by atoms with Gasteiger partial charge in [-0.25, -0.2) is 4.98 Å². The zero-order valence-electron chi connectivity index (χ0n) is 8.53. The Morgan fingerprint density at radius 3 is 3.13 bits per heavy atom. The first-order valence-corrected chi connectivity index (χ1v) is 5.90. The molecule has 0 spiro atoms. The molecule has 3 rings (SSSR count). The van der Waals surface area contributed by atoms with E-state index in [1.807, 2.05) is 18.5 Å². The molecule has 0 unspecified atom stereocenters. The van der Waals surface area contributed by atoms with Gasteiger partial charge in [0.1, 0.15) is 0 Å². The topological polar surface area (TPSA) is 49.6 Å². The van der Waals surface area contributed by atoms with Crippen molar-refractivity contribution >= 4 is 16.3 Å². The first kappa shape index (κ1) is 9.33. The largest absolute Gasteiger partial charge is 0.387 e. The van der Waals surface area contributed by atoms with E-state index in [2.05, 4.69) is 14.7 Å². The molecule has 0 amide bonds. The van der Waals surface area contributed by atoms with Crippen molar-refractivity contribution < 1.29 is 5.11 Å². The molecule has 1 saturated heterocycles. The minimum atomic E-state index is -0.567. The van der Waals surface area contributed by atoms with Gasteiger partial charge in [0.25, 0.3) is 0 Å². The number of nitrogens with zero attached hydrogens (tertiary/aromatic N) is 2. The number of aromatic nitrogens is 2. The van der Waals surface area contributed by atoms with Gasteiger partial charge >= 0.3 is 0 Å². The molecule has 15 heavy (non-hydrogen) atoms. The molecule has 2 aromatic rings. The van der Waals surface area contributed by atoms with Gasteiger partial charge in [-0.2, -0.15) is 0 Å². The number of hydrogen-bond acceptors (Lipinski definition) is 4. The van der Waals surface area contributed by atoms with Crippen LogP contribution in [-0.2, 0) is 6.42 Å². The van der Waals surface area contributed by atoms with Crippen molar-refractivity contribution in [2.45, 2.75) is 18.9 Å². The maximum atomic E-state index is 10.1. The zero-order valence-corrected chi connectivity index (χ0v) is 9.34. The second-order valence-corrected chi connectivity index (χ2v) is 5.08. The normalized spacial score (nSPS) is 19.3. The fourth-order valence-electron chi connectivity index (χ4n) is 2.00. The minimum Gasteiger partial charge on any atom is -0.387 e. The third-order valence-electron chi connectivity index (χ3n) is 2.97. The zero-order chi connectivity index (χ0) is 10.5. The van der Waals surface area contributed by atoms with Gasteiger partial charge in [-0.1, -0.05) is 0 Å². The first-order valence-electron chi connectivity index (χ1n) is 5.02. The molecule has 2 N–H and O–H groups in total. The van der Waals surface area contributed by atoms with Crippen LogP contribution in [0.1, 0.15) is 11.4 Å². The number of aryl methyl sites for hydroxylation is 1. The smallest absolute Gasteiger partial charge is 0.194 e. The van der Waals surface area contributed by atoms with E-state index in [-0.39, 0.29) is 0 Å². The lowest BCUT2D eigenvalue weighted by Crippen LogP contribution is -2.60. The third-order valence-corrected chi connectivity index (χ3v) is 3.72. The Morgan fingerprint density at radius 1 is 1.67 bits per heavy atom. The second-order valence-electron chi connectivity index (χ2n) is 4.20. The van der Waals surface area contributed by atoms with E-state index in [0.29, 0.717) is 19.5 Å². The van der Waals surface area contributed by atoms with E-state index < -0.39 is 5.60 Å². The average molecular weight is 223 g/mol. The standard InChI is InChI=1S/C10H13N3OS/c1-7-8(4-10(14)5-11-6-10)13-2-3-15-9(13)12-7/h2-3,11,14H,4-6H2,1H3. The quantitative estimate of drug-likeness (QED) is 0.783. The molecule has 3 heterocycles. The SMILES string of the molecule is Cc1nc2sccn2c1CC1(O)CNC1. The van der Waals surface area contributed by atoms with E-state index >= 15 is 0 Å². The van der Waals surface area contributed by atoms with Crippen molar-refractivity contribution in [2.24, 2.45) is 0 Å². The van der Waals surface area contributed by atoms with Crippen molar-refractivity contribution in [1.82, 2.24) is 14.7 Å². The molecular formula is C10H13N3OS. The predicted molar refractivity (Wildman–Crippen MR) is 59.3 cm³/mol. The number of hydrogen-bond donors (Lipinski definition) is 2. The van der Waals surface area contributed by atoms with Crippen LogP contribution in [0.25, 0.3) is 4.96 Å². The second kappa shape index (κ2) is 3.04. The van der Waals surface area contributed by atoms with Gasteiger partial charge in [-0.05, 0) is 6.92 Å². The minimum absolute atomic E-state index is 0.567. The van der Waals surface area contributed by atoms with Crippen LogP contribution in [-0.4, -0.2) is 33.2 Å². The number of thiazole rings is 1. The molecule has 0 bridgehead atoms. The summed E-state index contributed by atoms with van der Waals surface area (Å²) in [5.41, 5.74) is 1.60. The van der Waals surface area contributed by atoms with Crippen LogP contribution in [0.4, 0.5) is 0 Å². The van der Waals surface area contributed by atoms with Crippen molar-refractivity contribution in [1.29, 1.82) is 0 Å². The summed E-state index contributed by atoms with van der Waals surface area (Å²) in [5, 5.41) is 15.2. The Balaban J connectivity index is 2.01. The maximum Gasteiger partial charge on any atom is 0.194 e. The van der Waals surface area contributed by atoms with Crippen LogP contribution in [0.3, 0.4) is 0 Å². The Morgan fingerprint density at radius 2 is 2.47 bits per heavy atom. The molecular weight excluding hydrogens is 210 g/mol. The summed E-state index contributed by atoms with van der Waals surface area (Å²) in [5.74, 6) is 0. The van der Waals surface area contributed by atoms with Gasteiger partial charge in [-0.15, -0.1) is 11.3 Å². The van der Waals surface area contributed by atoms with Crippen LogP contribution in [0.2, 0.25) is 0 Å². The Labute approximate surface area is 91.6 Å².